The first-order chi connectivity index (χ1) is 7.89. The van der Waals surface area contributed by atoms with Crippen LogP contribution in [0.15, 0.2) is 0 Å². The third-order valence-corrected chi connectivity index (χ3v) is 3.25. The lowest BCUT2D eigenvalue weighted by atomic mass is 9.94. The van der Waals surface area contributed by atoms with E-state index < -0.39 is 17.6 Å². The number of amides is 1. The first-order valence-corrected chi connectivity index (χ1v) is 5.91. The molecule has 0 bridgehead atoms. The Morgan fingerprint density at radius 3 is 2.59 bits per heavy atom. The van der Waals surface area contributed by atoms with Crippen molar-refractivity contribution < 1.29 is 18.0 Å². The summed E-state index contributed by atoms with van der Waals surface area (Å²) in [4.78, 5) is 12.8. The van der Waals surface area contributed by atoms with Gasteiger partial charge in [-0.1, -0.05) is 6.92 Å². The number of hydrogen-bond acceptors (Lipinski definition) is 2. The molecule has 0 spiro atoms. The third kappa shape index (κ3) is 2.56. The topological polar surface area (TPSA) is 32.3 Å². The molecule has 1 fully saturated rings. The van der Waals surface area contributed by atoms with Gasteiger partial charge in [-0.2, -0.15) is 13.2 Å². The fraction of sp³-hybridized carbons (Fsp3) is 0.909. The van der Waals surface area contributed by atoms with Gasteiger partial charge in [0, 0.05) is 19.5 Å². The van der Waals surface area contributed by atoms with Crippen LogP contribution in [0, 0.1) is 0 Å². The number of nitrogens with zero attached hydrogens (tertiary/aromatic N) is 1. The van der Waals surface area contributed by atoms with E-state index in [1.807, 2.05) is 0 Å². The molecule has 1 aliphatic heterocycles. The van der Waals surface area contributed by atoms with Crippen molar-refractivity contribution in [3.63, 3.8) is 0 Å². The van der Waals surface area contributed by atoms with Crippen molar-refractivity contribution in [1.82, 2.24) is 10.2 Å². The second-order valence-corrected chi connectivity index (χ2v) is 4.46. The highest BCUT2D eigenvalue weighted by atomic mass is 19.4. The number of nitrogens with one attached hydrogen (secondary N) is 1. The highest BCUT2D eigenvalue weighted by molar-refractivity contribution is 5.77. The number of carbonyl (C=O) groups excluding carboxylic acids is 1. The van der Waals surface area contributed by atoms with E-state index in [1.54, 1.807) is 6.92 Å². The molecule has 1 heterocycles. The van der Waals surface area contributed by atoms with E-state index in [9.17, 15) is 18.0 Å². The van der Waals surface area contributed by atoms with Gasteiger partial charge in [-0.05, 0) is 26.3 Å². The Balaban J connectivity index is 2.98. The van der Waals surface area contributed by atoms with E-state index in [0.717, 1.165) is 4.90 Å². The molecule has 0 aromatic heterocycles. The lowest BCUT2D eigenvalue weighted by Crippen LogP contribution is -2.61. The molecule has 17 heavy (non-hydrogen) atoms. The highest BCUT2D eigenvalue weighted by Crippen LogP contribution is 2.43. The van der Waals surface area contributed by atoms with Crippen molar-refractivity contribution in [1.29, 1.82) is 0 Å². The standard InChI is InChI=1S/C11H19F3N2O/c1-3-5-9(17)16-7-4-6-10(16,8-15-2)11(12,13)14/h15H,3-8H2,1-2H3. The number of hydrogen-bond donors (Lipinski definition) is 1. The first kappa shape index (κ1) is 14.3. The van der Waals surface area contributed by atoms with Gasteiger partial charge in [0.1, 0.15) is 0 Å². The molecule has 1 saturated heterocycles. The van der Waals surface area contributed by atoms with Crippen molar-refractivity contribution >= 4 is 5.91 Å². The van der Waals surface area contributed by atoms with Crippen LogP contribution in [0.4, 0.5) is 13.2 Å². The molecule has 1 N–H and O–H groups in total. The Hall–Kier alpha value is -0.780. The normalized spacial score (nSPS) is 25.4. The summed E-state index contributed by atoms with van der Waals surface area (Å²) in [5.41, 5.74) is -2.01. The predicted octanol–water partition coefficient (Wildman–Crippen LogP) is 1.93. The van der Waals surface area contributed by atoms with Gasteiger partial charge in [0.05, 0.1) is 0 Å². The predicted molar refractivity (Wildman–Crippen MR) is 58.6 cm³/mol. The van der Waals surface area contributed by atoms with Crippen LogP contribution in [0.5, 0.6) is 0 Å². The minimum absolute atomic E-state index is 0.00715. The maximum Gasteiger partial charge on any atom is 0.412 e. The number of likely N-dealkylation sites (tertiary alicyclic amines) is 1. The Morgan fingerprint density at radius 1 is 1.47 bits per heavy atom. The Kier molecular flexibility index (Phi) is 4.41. The summed E-state index contributed by atoms with van der Waals surface area (Å²) in [6.45, 7) is 1.77. The number of carbonyl (C=O) groups is 1. The van der Waals surface area contributed by atoms with Gasteiger partial charge >= 0.3 is 6.18 Å². The Bertz CT molecular complexity index is 280. The molecular formula is C11H19F3N2O. The van der Waals surface area contributed by atoms with Gasteiger partial charge in [0.2, 0.25) is 5.91 Å². The van der Waals surface area contributed by atoms with E-state index in [1.165, 1.54) is 7.05 Å². The van der Waals surface area contributed by atoms with Crippen LogP contribution in [0.25, 0.3) is 0 Å². The average molecular weight is 252 g/mol. The SMILES string of the molecule is CCCC(=O)N1CCCC1(CNC)C(F)(F)F. The van der Waals surface area contributed by atoms with Gasteiger partial charge in [0.15, 0.2) is 5.54 Å². The summed E-state index contributed by atoms with van der Waals surface area (Å²) in [6.07, 6.45) is -3.22. The van der Waals surface area contributed by atoms with Crippen molar-refractivity contribution in [3.05, 3.63) is 0 Å². The number of likely N-dealkylation sites (N-methyl/N-ethyl adjacent to an activating group) is 1. The smallest absolute Gasteiger partial charge is 0.327 e. The van der Waals surface area contributed by atoms with E-state index in [4.69, 9.17) is 0 Å². The average Bonchev–Trinajstić information content (AvgIpc) is 2.63. The second kappa shape index (κ2) is 5.25. The molecule has 1 amide bonds. The maximum atomic E-state index is 13.2. The summed E-state index contributed by atoms with van der Waals surface area (Å²) < 4.78 is 39.7. The van der Waals surface area contributed by atoms with E-state index in [0.29, 0.717) is 12.8 Å². The molecule has 0 radical (unpaired) electrons. The van der Waals surface area contributed by atoms with E-state index >= 15 is 0 Å². The van der Waals surface area contributed by atoms with Gasteiger partial charge in [0.25, 0.3) is 0 Å². The van der Waals surface area contributed by atoms with Crippen molar-refractivity contribution in [3.8, 4) is 0 Å². The van der Waals surface area contributed by atoms with Crippen LogP contribution < -0.4 is 5.32 Å². The highest BCUT2D eigenvalue weighted by Gasteiger charge is 2.61. The van der Waals surface area contributed by atoms with Gasteiger partial charge in [-0.25, -0.2) is 0 Å². The fourth-order valence-corrected chi connectivity index (χ4v) is 2.46. The Morgan fingerprint density at radius 2 is 2.12 bits per heavy atom. The number of halogens is 3. The summed E-state index contributed by atoms with van der Waals surface area (Å²) in [5, 5.41) is 2.57. The molecule has 1 rings (SSSR count). The van der Waals surface area contributed by atoms with Gasteiger partial charge < -0.3 is 10.2 Å². The summed E-state index contributed by atoms with van der Waals surface area (Å²) in [7, 11) is 1.48. The molecule has 1 atom stereocenters. The zero-order valence-corrected chi connectivity index (χ0v) is 10.2. The van der Waals surface area contributed by atoms with Crippen LogP contribution in [0.1, 0.15) is 32.6 Å². The molecule has 1 unspecified atom stereocenters. The lowest BCUT2D eigenvalue weighted by Gasteiger charge is -2.40. The zero-order valence-electron chi connectivity index (χ0n) is 10.2. The summed E-state index contributed by atoms with van der Waals surface area (Å²) in [6, 6.07) is 0. The lowest BCUT2D eigenvalue weighted by molar-refractivity contribution is -0.222. The van der Waals surface area contributed by atoms with Crippen LogP contribution in [0.2, 0.25) is 0 Å². The fourth-order valence-electron chi connectivity index (χ4n) is 2.46. The van der Waals surface area contributed by atoms with Crippen LogP contribution >= 0.6 is 0 Å². The minimum Gasteiger partial charge on any atom is -0.327 e. The molecule has 0 aliphatic carbocycles. The maximum absolute atomic E-state index is 13.2. The quantitative estimate of drug-likeness (QED) is 0.829. The molecule has 1 aliphatic rings. The summed E-state index contributed by atoms with van der Waals surface area (Å²) in [5.74, 6) is -0.391. The molecule has 6 heteroatoms. The van der Waals surface area contributed by atoms with Crippen molar-refractivity contribution in [2.45, 2.75) is 44.3 Å². The van der Waals surface area contributed by atoms with Gasteiger partial charge in [-0.3, -0.25) is 4.79 Å². The number of rotatable bonds is 4. The second-order valence-electron chi connectivity index (χ2n) is 4.46. The Labute approximate surface area is 99.4 Å². The molecule has 0 aromatic carbocycles. The molecule has 0 aromatic rings. The molecular weight excluding hydrogens is 233 g/mol. The molecule has 100 valence electrons. The van der Waals surface area contributed by atoms with E-state index in [2.05, 4.69) is 5.32 Å². The van der Waals surface area contributed by atoms with E-state index in [-0.39, 0.29) is 25.9 Å². The number of alkyl halides is 3. The molecule has 3 nitrogen and oxygen atoms in total. The van der Waals surface area contributed by atoms with Crippen LogP contribution in [-0.4, -0.2) is 42.7 Å². The van der Waals surface area contributed by atoms with Crippen LogP contribution in [0.3, 0.4) is 0 Å². The minimum atomic E-state index is -4.38. The molecule has 0 saturated carbocycles. The van der Waals surface area contributed by atoms with Crippen molar-refractivity contribution in [2.24, 2.45) is 0 Å². The first-order valence-electron chi connectivity index (χ1n) is 5.91. The largest absolute Gasteiger partial charge is 0.412 e. The van der Waals surface area contributed by atoms with Crippen molar-refractivity contribution in [2.75, 3.05) is 20.1 Å². The zero-order chi connectivity index (χ0) is 13.1. The van der Waals surface area contributed by atoms with Crippen LogP contribution in [-0.2, 0) is 4.79 Å². The monoisotopic (exact) mass is 252 g/mol. The summed E-state index contributed by atoms with van der Waals surface area (Å²) >= 11 is 0. The van der Waals surface area contributed by atoms with Gasteiger partial charge in [-0.15, -0.1) is 0 Å². The third-order valence-electron chi connectivity index (χ3n) is 3.25.